The maximum Gasteiger partial charge on any atom is 0.416 e. The Hall–Kier alpha value is -2.89. The summed E-state index contributed by atoms with van der Waals surface area (Å²) in [7, 11) is 0. The van der Waals surface area contributed by atoms with Crippen LogP contribution in [-0.4, -0.2) is 23.1 Å². The maximum absolute atomic E-state index is 13.3. The first kappa shape index (κ1) is 24.8. The molecule has 1 aliphatic carbocycles. The normalized spacial score (nSPS) is 17.4. The molecule has 2 aliphatic rings. The second kappa shape index (κ2) is 10.6. The highest BCUT2D eigenvalue weighted by atomic mass is 19.4. The minimum absolute atomic E-state index is 0.511. The minimum atomic E-state index is -4.38. The standard InChI is InChI=1S/C30H34F3N3/c1-21-27(17-24(19-34-21)23-11-8-12-26(16-23)30(31,32)33)25-18-29(36-13-6-3-7-14-36)28(35-20-25)15-22-9-4-2-5-10-22/h8,11-12,16-20,22H,2-7,9-10,13-15H2,1H3. The highest BCUT2D eigenvalue weighted by Crippen LogP contribution is 2.36. The van der Waals surface area contributed by atoms with Gasteiger partial charge in [0.25, 0.3) is 0 Å². The van der Waals surface area contributed by atoms with E-state index in [2.05, 4.69) is 16.0 Å². The smallest absolute Gasteiger partial charge is 0.370 e. The van der Waals surface area contributed by atoms with Crippen LogP contribution in [0.1, 0.15) is 68.3 Å². The summed E-state index contributed by atoms with van der Waals surface area (Å²) >= 11 is 0. The number of aryl methyl sites for hydroxylation is 1. The van der Waals surface area contributed by atoms with Gasteiger partial charge in [0.15, 0.2) is 0 Å². The molecule has 6 heteroatoms. The zero-order chi connectivity index (χ0) is 25.1. The van der Waals surface area contributed by atoms with Crippen molar-refractivity contribution in [3.63, 3.8) is 0 Å². The first-order valence-electron chi connectivity index (χ1n) is 13.3. The van der Waals surface area contributed by atoms with Crippen LogP contribution in [0.4, 0.5) is 18.9 Å². The van der Waals surface area contributed by atoms with Crippen LogP contribution in [-0.2, 0) is 12.6 Å². The maximum atomic E-state index is 13.3. The van der Waals surface area contributed by atoms with Crippen LogP contribution >= 0.6 is 0 Å². The molecule has 0 atom stereocenters. The SMILES string of the molecule is Cc1ncc(-c2cccc(C(F)(F)F)c2)cc1-c1cnc(CC2CCCCC2)c(N2CCCCC2)c1. The van der Waals surface area contributed by atoms with E-state index in [-0.39, 0.29) is 0 Å². The van der Waals surface area contributed by atoms with E-state index in [4.69, 9.17) is 4.98 Å². The molecule has 0 radical (unpaired) electrons. The Morgan fingerprint density at radius 1 is 0.833 bits per heavy atom. The lowest BCUT2D eigenvalue weighted by Gasteiger charge is -2.32. The Balaban J connectivity index is 1.51. The Bertz CT molecular complexity index is 1190. The molecule has 3 aromatic rings. The number of pyridine rings is 2. The number of rotatable bonds is 5. The molecule has 2 aromatic heterocycles. The summed E-state index contributed by atoms with van der Waals surface area (Å²) in [5, 5.41) is 0. The van der Waals surface area contributed by atoms with Crippen molar-refractivity contribution in [1.29, 1.82) is 0 Å². The average molecular weight is 494 g/mol. The summed E-state index contributed by atoms with van der Waals surface area (Å²) in [6, 6.07) is 9.66. The third-order valence-corrected chi connectivity index (χ3v) is 7.77. The molecular formula is C30H34F3N3. The quantitative estimate of drug-likeness (QED) is 0.358. The third-order valence-electron chi connectivity index (χ3n) is 7.77. The number of hydrogen-bond acceptors (Lipinski definition) is 3. The van der Waals surface area contributed by atoms with Crippen molar-refractivity contribution in [3.8, 4) is 22.3 Å². The van der Waals surface area contributed by atoms with Gasteiger partial charge in [-0.05, 0) is 68.4 Å². The van der Waals surface area contributed by atoms with Crippen LogP contribution < -0.4 is 4.90 Å². The van der Waals surface area contributed by atoms with Gasteiger partial charge >= 0.3 is 6.18 Å². The molecule has 190 valence electrons. The van der Waals surface area contributed by atoms with Crippen molar-refractivity contribution in [2.75, 3.05) is 18.0 Å². The molecule has 1 aliphatic heterocycles. The van der Waals surface area contributed by atoms with Gasteiger partial charge in [-0.25, -0.2) is 0 Å². The van der Waals surface area contributed by atoms with E-state index in [9.17, 15) is 13.2 Å². The lowest BCUT2D eigenvalue weighted by atomic mass is 9.85. The number of anilines is 1. The largest absolute Gasteiger partial charge is 0.416 e. The minimum Gasteiger partial charge on any atom is -0.370 e. The van der Waals surface area contributed by atoms with Crippen LogP contribution in [0.3, 0.4) is 0 Å². The van der Waals surface area contributed by atoms with Gasteiger partial charge in [0.2, 0.25) is 0 Å². The zero-order valence-electron chi connectivity index (χ0n) is 20.9. The van der Waals surface area contributed by atoms with Crippen LogP contribution in [0.25, 0.3) is 22.3 Å². The number of piperidine rings is 1. The van der Waals surface area contributed by atoms with Gasteiger partial charge < -0.3 is 4.90 Å². The molecule has 0 spiro atoms. The highest BCUT2D eigenvalue weighted by Gasteiger charge is 2.30. The molecule has 1 saturated carbocycles. The second-order valence-corrected chi connectivity index (χ2v) is 10.4. The van der Waals surface area contributed by atoms with Crippen LogP contribution in [0, 0.1) is 12.8 Å². The lowest BCUT2D eigenvalue weighted by molar-refractivity contribution is -0.137. The zero-order valence-corrected chi connectivity index (χ0v) is 20.9. The van der Waals surface area contributed by atoms with Gasteiger partial charge in [-0.3, -0.25) is 9.97 Å². The fourth-order valence-corrected chi connectivity index (χ4v) is 5.72. The van der Waals surface area contributed by atoms with Crippen molar-refractivity contribution in [3.05, 3.63) is 65.7 Å². The predicted molar refractivity (Wildman–Crippen MR) is 139 cm³/mol. The summed E-state index contributed by atoms with van der Waals surface area (Å²) in [5.74, 6) is 0.702. The number of aromatic nitrogens is 2. The molecule has 36 heavy (non-hydrogen) atoms. The molecule has 0 bridgehead atoms. The van der Waals surface area contributed by atoms with Crippen LogP contribution in [0.2, 0.25) is 0 Å². The Morgan fingerprint density at radius 2 is 1.56 bits per heavy atom. The van der Waals surface area contributed by atoms with E-state index in [0.29, 0.717) is 17.0 Å². The van der Waals surface area contributed by atoms with E-state index in [0.717, 1.165) is 42.4 Å². The van der Waals surface area contributed by atoms with Crippen molar-refractivity contribution in [2.45, 2.75) is 70.9 Å². The molecule has 0 unspecified atom stereocenters. The topological polar surface area (TPSA) is 29.0 Å². The van der Waals surface area contributed by atoms with Gasteiger partial charge in [-0.2, -0.15) is 13.2 Å². The molecule has 0 N–H and O–H groups in total. The number of hydrogen-bond donors (Lipinski definition) is 0. The van der Waals surface area contributed by atoms with Crippen LogP contribution in [0.15, 0.2) is 48.8 Å². The van der Waals surface area contributed by atoms with E-state index in [1.165, 1.54) is 74.9 Å². The molecule has 3 nitrogen and oxygen atoms in total. The average Bonchev–Trinajstić information content (AvgIpc) is 2.90. The van der Waals surface area contributed by atoms with Gasteiger partial charge in [0.05, 0.1) is 16.9 Å². The van der Waals surface area contributed by atoms with Gasteiger partial charge in [-0.1, -0.05) is 44.2 Å². The number of halogens is 3. The molecule has 1 aromatic carbocycles. The summed E-state index contributed by atoms with van der Waals surface area (Å²) in [5.41, 5.74) is 5.68. The summed E-state index contributed by atoms with van der Waals surface area (Å²) in [4.78, 5) is 12.0. The van der Waals surface area contributed by atoms with Crippen molar-refractivity contribution >= 4 is 5.69 Å². The van der Waals surface area contributed by atoms with Gasteiger partial charge in [0, 0.05) is 47.9 Å². The number of nitrogens with zero attached hydrogens (tertiary/aromatic N) is 3. The molecule has 0 amide bonds. The summed E-state index contributed by atoms with van der Waals surface area (Å²) in [6.07, 6.45) is 10.4. The summed E-state index contributed by atoms with van der Waals surface area (Å²) in [6.45, 7) is 4.04. The van der Waals surface area contributed by atoms with E-state index >= 15 is 0 Å². The first-order valence-corrected chi connectivity index (χ1v) is 13.3. The molecule has 2 fully saturated rings. The third kappa shape index (κ3) is 5.58. The van der Waals surface area contributed by atoms with Crippen LogP contribution in [0.5, 0.6) is 0 Å². The molecule has 3 heterocycles. The first-order chi connectivity index (χ1) is 17.4. The Kier molecular flexibility index (Phi) is 7.31. The molecule has 1 saturated heterocycles. The van der Waals surface area contributed by atoms with E-state index < -0.39 is 11.7 Å². The van der Waals surface area contributed by atoms with Crippen molar-refractivity contribution in [2.24, 2.45) is 5.92 Å². The molecular weight excluding hydrogens is 459 g/mol. The number of benzene rings is 1. The van der Waals surface area contributed by atoms with Gasteiger partial charge in [-0.15, -0.1) is 0 Å². The summed E-state index contributed by atoms with van der Waals surface area (Å²) < 4.78 is 39.9. The Morgan fingerprint density at radius 3 is 2.31 bits per heavy atom. The Labute approximate surface area is 211 Å². The van der Waals surface area contributed by atoms with E-state index in [1.54, 1.807) is 12.3 Å². The second-order valence-electron chi connectivity index (χ2n) is 10.4. The van der Waals surface area contributed by atoms with Crippen molar-refractivity contribution in [1.82, 2.24) is 9.97 Å². The fraction of sp³-hybridized carbons (Fsp3) is 0.467. The monoisotopic (exact) mass is 493 g/mol. The highest BCUT2D eigenvalue weighted by molar-refractivity contribution is 5.76. The number of alkyl halides is 3. The van der Waals surface area contributed by atoms with E-state index in [1.807, 2.05) is 19.2 Å². The molecule has 5 rings (SSSR count). The van der Waals surface area contributed by atoms with Crippen molar-refractivity contribution < 1.29 is 13.2 Å². The predicted octanol–water partition coefficient (Wildman–Crippen LogP) is 8.25. The lowest BCUT2D eigenvalue weighted by Crippen LogP contribution is -2.31. The fourth-order valence-electron chi connectivity index (χ4n) is 5.72. The van der Waals surface area contributed by atoms with Gasteiger partial charge in [0.1, 0.15) is 0 Å².